The van der Waals surface area contributed by atoms with Crippen molar-refractivity contribution in [1.29, 1.82) is 0 Å². The van der Waals surface area contributed by atoms with Crippen LogP contribution < -0.4 is 5.32 Å². The molecule has 1 aliphatic heterocycles. The molecule has 1 amide bonds. The zero-order valence-electron chi connectivity index (χ0n) is 15.9. The third-order valence-corrected chi connectivity index (χ3v) is 5.52. The van der Waals surface area contributed by atoms with Crippen molar-refractivity contribution < 1.29 is 4.79 Å². The molecular weight excluding hydrogens is 356 g/mol. The van der Waals surface area contributed by atoms with Crippen LogP contribution in [0.15, 0.2) is 47.9 Å². The second-order valence-corrected chi connectivity index (χ2v) is 7.88. The summed E-state index contributed by atoms with van der Waals surface area (Å²) >= 11 is 1.56. The molecule has 6 heteroatoms. The molecule has 0 aliphatic carbocycles. The molecule has 1 saturated heterocycles. The first kappa shape index (κ1) is 19.8. The lowest BCUT2D eigenvalue weighted by Gasteiger charge is -2.32. The lowest BCUT2D eigenvalue weighted by Crippen LogP contribution is -2.40. The Morgan fingerprint density at radius 3 is 2.74 bits per heavy atom. The highest BCUT2D eigenvalue weighted by Gasteiger charge is 2.20. The van der Waals surface area contributed by atoms with Gasteiger partial charge in [0.05, 0.1) is 0 Å². The van der Waals surface area contributed by atoms with E-state index in [-0.39, 0.29) is 5.91 Å². The second-order valence-electron chi connectivity index (χ2n) is 7.11. The van der Waals surface area contributed by atoms with E-state index in [1.807, 2.05) is 36.8 Å². The van der Waals surface area contributed by atoms with Crippen LogP contribution in [0.25, 0.3) is 0 Å². The summed E-state index contributed by atoms with van der Waals surface area (Å²) in [5.41, 5.74) is 2.37. The average molecular weight is 385 g/mol. The summed E-state index contributed by atoms with van der Waals surface area (Å²) in [7, 11) is 0. The number of rotatable bonds is 8. The third kappa shape index (κ3) is 6.63. The van der Waals surface area contributed by atoms with Crippen molar-refractivity contribution in [2.24, 2.45) is 5.92 Å². The number of hydrogen-bond donors (Lipinski definition) is 1. The number of carbonyl (C=O) groups excluding carboxylic acids is 1. The van der Waals surface area contributed by atoms with E-state index in [2.05, 4.69) is 32.3 Å². The van der Waals surface area contributed by atoms with Crippen LogP contribution in [0.1, 0.15) is 30.4 Å². The maximum atomic E-state index is 12.1. The van der Waals surface area contributed by atoms with Crippen molar-refractivity contribution in [2.75, 3.05) is 25.9 Å². The Morgan fingerprint density at radius 2 is 2.00 bits per heavy atom. The molecule has 5 nitrogen and oxygen atoms in total. The van der Waals surface area contributed by atoms with Crippen LogP contribution in [0.5, 0.6) is 0 Å². The Labute approximate surface area is 166 Å². The van der Waals surface area contributed by atoms with E-state index in [0.29, 0.717) is 12.3 Å². The van der Waals surface area contributed by atoms with Crippen LogP contribution in [-0.4, -0.2) is 46.7 Å². The van der Waals surface area contributed by atoms with Crippen LogP contribution in [0.4, 0.5) is 0 Å². The maximum absolute atomic E-state index is 12.1. The highest BCUT2D eigenvalue weighted by Crippen LogP contribution is 2.18. The first-order valence-corrected chi connectivity index (χ1v) is 10.8. The topological polar surface area (TPSA) is 58.1 Å². The van der Waals surface area contributed by atoms with E-state index in [1.165, 1.54) is 18.4 Å². The minimum Gasteiger partial charge on any atom is -0.356 e. The molecule has 0 bridgehead atoms. The van der Waals surface area contributed by atoms with Gasteiger partial charge in [-0.25, -0.2) is 9.97 Å². The van der Waals surface area contributed by atoms with Crippen molar-refractivity contribution in [3.8, 4) is 0 Å². The molecule has 0 saturated carbocycles. The molecule has 1 atom stereocenters. The van der Waals surface area contributed by atoms with Gasteiger partial charge in [-0.15, -0.1) is 0 Å². The van der Waals surface area contributed by atoms with Crippen LogP contribution >= 0.6 is 11.8 Å². The molecule has 0 spiro atoms. The molecular formula is C21H28N4OS. The summed E-state index contributed by atoms with van der Waals surface area (Å²) in [6.45, 7) is 3.77. The summed E-state index contributed by atoms with van der Waals surface area (Å²) in [6, 6.07) is 10.2. The first-order valence-electron chi connectivity index (χ1n) is 9.61. The molecule has 27 heavy (non-hydrogen) atoms. The standard InChI is InChI=1S/C21H28N4OS/c1-27-21-23-13-19(14-24-21)16-25-11-5-8-18(15-25)12-22-20(26)10-9-17-6-3-2-4-7-17/h2-4,6-7,13-14,18H,5,8-12,15-16H2,1H3,(H,22,26)/t18-/m1/s1. The number of nitrogens with one attached hydrogen (secondary N) is 1. The molecule has 1 N–H and O–H groups in total. The largest absolute Gasteiger partial charge is 0.356 e. The first-order chi connectivity index (χ1) is 13.2. The summed E-state index contributed by atoms with van der Waals surface area (Å²) in [5, 5.41) is 3.94. The highest BCUT2D eigenvalue weighted by molar-refractivity contribution is 7.98. The minimum absolute atomic E-state index is 0.150. The fourth-order valence-corrected chi connectivity index (χ4v) is 3.82. The predicted molar refractivity (Wildman–Crippen MR) is 110 cm³/mol. The van der Waals surface area contributed by atoms with Crippen molar-refractivity contribution >= 4 is 17.7 Å². The second kappa shape index (κ2) is 10.4. The molecule has 0 unspecified atom stereocenters. The fourth-order valence-electron chi connectivity index (χ4n) is 3.50. The lowest BCUT2D eigenvalue weighted by atomic mass is 9.97. The number of nitrogens with zero attached hydrogens (tertiary/aromatic N) is 3. The van der Waals surface area contributed by atoms with Crippen molar-refractivity contribution in [3.05, 3.63) is 53.9 Å². The predicted octanol–water partition coefficient (Wildman–Crippen LogP) is 3.16. The van der Waals surface area contributed by atoms with E-state index in [9.17, 15) is 4.79 Å². The van der Waals surface area contributed by atoms with E-state index >= 15 is 0 Å². The number of benzene rings is 1. The smallest absolute Gasteiger partial charge is 0.220 e. The maximum Gasteiger partial charge on any atom is 0.220 e. The van der Waals surface area contributed by atoms with Crippen LogP contribution in [0.2, 0.25) is 0 Å². The van der Waals surface area contributed by atoms with Gasteiger partial charge in [-0.2, -0.15) is 0 Å². The molecule has 3 rings (SSSR count). The van der Waals surface area contributed by atoms with E-state index in [0.717, 1.165) is 43.3 Å². The monoisotopic (exact) mass is 384 g/mol. The normalized spacial score (nSPS) is 17.6. The summed E-state index contributed by atoms with van der Waals surface area (Å²) < 4.78 is 0. The van der Waals surface area contributed by atoms with Gasteiger partial charge < -0.3 is 5.32 Å². The Morgan fingerprint density at radius 1 is 1.22 bits per heavy atom. The molecule has 0 radical (unpaired) electrons. The molecule has 2 heterocycles. The number of aryl methyl sites for hydroxylation is 1. The van der Waals surface area contributed by atoms with Gasteiger partial charge >= 0.3 is 0 Å². The fraction of sp³-hybridized carbons (Fsp3) is 0.476. The summed E-state index contributed by atoms with van der Waals surface area (Å²) in [5.74, 6) is 0.669. The molecule has 144 valence electrons. The molecule has 1 aromatic heterocycles. The van der Waals surface area contributed by atoms with Crippen LogP contribution in [-0.2, 0) is 17.8 Å². The number of piperidine rings is 1. The van der Waals surface area contributed by atoms with E-state index in [4.69, 9.17) is 0 Å². The Hall–Kier alpha value is -1.92. The van der Waals surface area contributed by atoms with Crippen LogP contribution in [0, 0.1) is 5.92 Å². The quantitative estimate of drug-likeness (QED) is 0.560. The summed E-state index contributed by atoms with van der Waals surface area (Å²) in [4.78, 5) is 23.3. The summed E-state index contributed by atoms with van der Waals surface area (Å²) in [6.07, 6.45) is 9.54. The van der Waals surface area contributed by atoms with Gasteiger partial charge in [-0.05, 0) is 43.5 Å². The van der Waals surface area contributed by atoms with Gasteiger partial charge in [0.1, 0.15) is 0 Å². The zero-order valence-corrected chi connectivity index (χ0v) is 16.8. The van der Waals surface area contributed by atoms with Gasteiger partial charge in [0.25, 0.3) is 0 Å². The Kier molecular flexibility index (Phi) is 7.66. The molecule has 1 aliphatic rings. The number of amides is 1. The molecule has 1 fully saturated rings. The van der Waals surface area contributed by atoms with Gasteiger partial charge in [-0.1, -0.05) is 42.1 Å². The van der Waals surface area contributed by atoms with Gasteiger partial charge in [0.15, 0.2) is 5.16 Å². The molecule has 1 aromatic carbocycles. The average Bonchev–Trinajstić information content (AvgIpc) is 2.72. The lowest BCUT2D eigenvalue weighted by molar-refractivity contribution is -0.121. The number of hydrogen-bond acceptors (Lipinski definition) is 5. The van der Waals surface area contributed by atoms with Gasteiger partial charge in [-0.3, -0.25) is 9.69 Å². The highest BCUT2D eigenvalue weighted by atomic mass is 32.2. The third-order valence-electron chi connectivity index (χ3n) is 4.94. The Bertz CT molecular complexity index is 708. The van der Waals surface area contributed by atoms with E-state index in [1.54, 1.807) is 11.8 Å². The van der Waals surface area contributed by atoms with Crippen molar-refractivity contribution in [2.45, 2.75) is 37.4 Å². The minimum atomic E-state index is 0.150. The number of thioether (sulfide) groups is 1. The van der Waals surface area contributed by atoms with Crippen molar-refractivity contribution in [3.63, 3.8) is 0 Å². The van der Waals surface area contributed by atoms with Crippen molar-refractivity contribution in [1.82, 2.24) is 20.2 Å². The number of likely N-dealkylation sites (tertiary alicyclic amines) is 1. The SMILES string of the molecule is CSc1ncc(CN2CCC[C@H](CNC(=O)CCc3ccccc3)C2)cn1. The zero-order chi connectivity index (χ0) is 18.9. The van der Waals surface area contributed by atoms with Crippen LogP contribution in [0.3, 0.4) is 0 Å². The number of carbonyl (C=O) groups is 1. The molecule has 2 aromatic rings. The number of aromatic nitrogens is 2. The van der Waals surface area contributed by atoms with Gasteiger partial charge in [0, 0.05) is 44.0 Å². The Balaban J connectivity index is 1.39. The van der Waals surface area contributed by atoms with Gasteiger partial charge in [0.2, 0.25) is 5.91 Å². The van der Waals surface area contributed by atoms with E-state index < -0.39 is 0 Å².